The molecule has 1 aliphatic carbocycles. The van der Waals surface area contributed by atoms with Crippen molar-refractivity contribution in [3.63, 3.8) is 0 Å². The van der Waals surface area contributed by atoms with E-state index in [2.05, 4.69) is 30.1 Å². The maximum absolute atomic E-state index is 10.6. The topological polar surface area (TPSA) is 126 Å². The molecule has 2 aromatic rings. The van der Waals surface area contributed by atoms with Gasteiger partial charge in [-0.05, 0) is 54.5 Å². The van der Waals surface area contributed by atoms with Crippen LogP contribution >= 0.6 is 23.4 Å². The number of benzene rings is 1. The molecule has 0 saturated heterocycles. The fraction of sp³-hybridized carbons (Fsp3) is 0.364. The predicted octanol–water partition coefficient (Wildman–Crippen LogP) is 5.51. The minimum Gasteiger partial charge on any atom is -0.475 e. The SMILES string of the molecule is CC12N=C(N)SCC1CCc1ccc(-c3cncc(Cl)c3)cc12.O=C(O)C(F)(F)F.O=C(O)C(F)(F)F. The van der Waals surface area contributed by atoms with Crippen molar-refractivity contribution in [3.05, 3.63) is 52.8 Å². The lowest BCUT2D eigenvalue weighted by Gasteiger charge is -2.42. The normalized spacial score (nSPS) is 20.5. The van der Waals surface area contributed by atoms with Crippen LogP contribution in [0.4, 0.5) is 26.3 Å². The monoisotopic (exact) mass is 571 g/mol. The summed E-state index contributed by atoms with van der Waals surface area (Å²) in [6.07, 6.45) is -4.38. The number of carboxylic acid groups (broad SMARTS) is 2. The number of aliphatic carboxylic acids is 2. The largest absolute Gasteiger partial charge is 0.490 e. The fourth-order valence-corrected chi connectivity index (χ4v) is 4.98. The Morgan fingerprint density at radius 3 is 2.14 bits per heavy atom. The van der Waals surface area contributed by atoms with E-state index in [0.29, 0.717) is 16.1 Å². The molecule has 0 amide bonds. The van der Waals surface area contributed by atoms with E-state index in [0.717, 1.165) is 23.3 Å². The van der Waals surface area contributed by atoms with Crippen LogP contribution in [-0.4, -0.2) is 50.4 Å². The number of nitrogens with two attached hydrogens (primary N) is 1. The number of thioether (sulfide) groups is 1. The predicted molar refractivity (Wildman–Crippen MR) is 125 cm³/mol. The molecule has 2 heterocycles. The summed E-state index contributed by atoms with van der Waals surface area (Å²) in [5.74, 6) is -3.92. The summed E-state index contributed by atoms with van der Waals surface area (Å²) in [6.45, 7) is 2.22. The Kier molecular flexibility index (Phi) is 9.47. The third-order valence-corrected chi connectivity index (χ3v) is 6.67. The number of aliphatic imine (C=N–C) groups is 1. The number of halogens is 7. The van der Waals surface area contributed by atoms with Gasteiger partial charge in [0.1, 0.15) is 0 Å². The van der Waals surface area contributed by atoms with Gasteiger partial charge in [0.25, 0.3) is 0 Å². The molecule has 1 aromatic heterocycles. The number of rotatable bonds is 1. The average molecular weight is 572 g/mol. The first-order chi connectivity index (χ1) is 16.9. The highest BCUT2D eigenvalue weighted by molar-refractivity contribution is 8.13. The molecular weight excluding hydrogens is 552 g/mol. The van der Waals surface area contributed by atoms with Gasteiger partial charge in [0.05, 0.1) is 10.6 Å². The highest BCUT2D eigenvalue weighted by Gasteiger charge is 2.43. The van der Waals surface area contributed by atoms with Crippen molar-refractivity contribution in [1.82, 2.24) is 4.98 Å². The summed E-state index contributed by atoms with van der Waals surface area (Å²) < 4.78 is 63.5. The number of fused-ring (bicyclic) bond motifs is 3. The summed E-state index contributed by atoms with van der Waals surface area (Å²) in [5, 5.41) is 15.6. The molecule has 0 spiro atoms. The lowest BCUT2D eigenvalue weighted by molar-refractivity contribution is -0.193. The second kappa shape index (κ2) is 11.6. The molecule has 15 heteroatoms. The molecule has 4 rings (SSSR count). The summed E-state index contributed by atoms with van der Waals surface area (Å²) in [6, 6.07) is 8.58. The van der Waals surface area contributed by atoms with Crippen LogP contribution in [0, 0.1) is 5.92 Å². The first-order valence-electron chi connectivity index (χ1n) is 10.3. The molecule has 37 heavy (non-hydrogen) atoms. The van der Waals surface area contributed by atoms with Gasteiger partial charge in [0.2, 0.25) is 0 Å². The van der Waals surface area contributed by atoms with Gasteiger partial charge in [-0.1, -0.05) is 35.5 Å². The molecule has 0 saturated carbocycles. The number of nitrogens with zero attached hydrogens (tertiary/aromatic N) is 2. The van der Waals surface area contributed by atoms with E-state index in [9.17, 15) is 26.3 Å². The van der Waals surface area contributed by atoms with Crippen LogP contribution in [0.1, 0.15) is 24.5 Å². The Bertz CT molecular complexity index is 1170. The molecule has 7 nitrogen and oxygen atoms in total. The molecule has 4 N–H and O–H groups in total. The fourth-order valence-electron chi connectivity index (χ4n) is 3.69. The molecule has 202 valence electrons. The molecule has 1 aromatic carbocycles. The van der Waals surface area contributed by atoms with Gasteiger partial charge in [-0.2, -0.15) is 26.3 Å². The highest BCUT2D eigenvalue weighted by Crippen LogP contribution is 2.47. The van der Waals surface area contributed by atoms with Crippen molar-refractivity contribution in [2.75, 3.05) is 5.75 Å². The number of carboxylic acids is 2. The number of alkyl halides is 6. The van der Waals surface area contributed by atoms with E-state index in [1.54, 1.807) is 18.0 Å². The van der Waals surface area contributed by atoms with Crippen LogP contribution in [0.3, 0.4) is 0 Å². The number of aromatic nitrogens is 1. The summed E-state index contributed by atoms with van der Waals surface area (Å²) >= 11 is 7.77. The minimum atomic E-state index is -5.08. The first kappa shape index (κ1) is 30.2. The Balaban J connectivity index is 0.000000286. The number of aryl methyl sites for hydroxylation is 1. The van der Waals surface area contributed by atoms with Crippen LogP contribution in [0.2, 0.25) is 5.02 Å². The van der Waals surface area contributed by atoms with Gasteiger partial charge >= 0.3 is 24.3 Å². The maximum Gasteiger partial charge on any atom is 0.490 e. The van der Waals surface area contributed by atoms with Crippen molar-refractivity contribution in [3.8, 4) is 11.1 Å². The Labute approximate surface area is 215 Å². The second-order valence-electron chi connectivity index (χ2n) is 8.01. The van der Waals surface area contributed by atoms with E-state index in [1.807, 2.05) is 12.3 Å². The molecule has 0 bridgehead atoms. The number of carbonyl (C=O) groups is 2. The lowest BCUT2D eigenvalue weighted by atomic mass is 9.70. The summed E-state index contributed by atoms with van der Waals surface area (Å²) in [5.41, 5.74) is 10.7. The number of hydrogen-bond donors (Lipinski definition) is 3. The Morgan fingerprint density at radius 2 is 1.62 bits per heavy atom. The Morgan fingerprint density at radius 1 is 1.05 bits per heavy atom. The van der Waals surface area contributed by atoms with E-state index in [1.165, 1.54) is 17.5 Å². The van der Waals surface area contributed by atoms with Crippen LogP contribution in [0.25, 0.3) is 11.1 Å². The quantitative estimate of drug-likeness (QED) is 0.385. The van der Waals surface area contributed by atoms with Gasteiger partial charge in [0.15, 0.2) is 5.17 Å². The molecule has 0 fully saturated rings. The summed E-state index contributed by atoms with van der Waals surface area (Å²) in [7, 11) is 0. The molecule has 0 radical (unpaired) electrons. The van der Waals surface area contributed by atoms with E-state index >= 15 is 0 Å². The van der Waals surface area contributed by atoms with E-state index in [4.69, 9.17) is 42.1 Å². The van der Waals surface area contributed by atoms with Crippen molar-refractivity contribution in [2.24, 2.45) is 16.6 Å². The standard InChI is InChI=1S/C18H18ClN3S.2C2HF3O2/c1-18-14(10-23-17(20)22-18)5-4-11-2-3-12(7-16(11)18)13-6-15(19)9-21-8-13;2*3-2(4,5)1(6)7/h2-3,6-9,14H,4-5,10H2,1H3,(H2,20,22);2*(H,6,7). The van der Waals surface area contributed by atoms with Crippen LogP contribution in [0.5, 0.6) is 0 Å². The molecular formula is C22H20ClF6N3O4S. The maximum atomic E-state index is 10.6. The Hall–Kier alpha value is -3.00. The van der Waals surface area contributed by atoms with Gasteiger partial charge in [-0.25, -0.2) is 9.59 Å². The third-order valence-electron chi connectivity index (χ3n) is 5.51. The lowest BCUT2D eigenvalue weighted by Crippen LogP contribution is -2.41. The van der Waals surface area contributed by atoms with Gasteiger partial charge in [-0.15, -0.1) is 0 Å². The average Bonchev–Trinajstić information content (AvgIpc) is 2.78. The highest BCUT2D eigenvalue weighted by atomic mass is 35.5. The van der Waals surface area contributed by atoms with Crippen molar-refractivity contribution in [1.29, 1.82) is 0 Å². The summed E-state index contributed by atoms with van der Waals surface area (Å²) in [4.78, 5) is 26.8. The molecule has 1 aliphatic heterocycles. The van der Waals surface area contributed by atoms with E-state index < -0.39 is 24.3 Å². The molecule has 2 atom stereocenters. The smallest absolute Gasteiger partial charge is 0.475 e. The van der Waals surface area contributed by atoms with E-state index in [-0.39, 0.29) is 5.54 Å². The van der Waals surface area contributed by atoms with Crippen molar-refractivity contribution >= 4 is 40.5 Å². The zero-order chi connectivity index (χ0) is 28.2. The van der Waals surface area contributed by atoms with Crippen molar-refractivity contribution < 1.29 is 46.1 Å². The van der Waals surface area contributed by atoms with Gasteiger partial charge < -0.3 is 15.9 Å². The van der Waals surface area contributed by atoms with Crippen LogP contribution in [0.15, 0.2) is 41.7 Å². The van der Waals surface area contributed by atoms with Crippen molar-refractivity contribution in [2.45, 2.75) is 37.7 Å². The van der Waals surface area contributed by atoms with Crippen LogP contribution < -0.4 is 5.73 Å². The first-order valence-corrected chi connectivity index (χ1v) is 11.6. The zero-order valence-corrected chi connectivity index (χ0v) is 20.5. The van der Waals surface area contributed by atoms with Gasteiger partial charge in [0, 0.05) is 23.7 Å². The number of hydrogen-bond acceptors (Lipinski definition) is 6. The minimum absolute atomic E-state index is 0.217. The van der Waals surface area contributed by atoms with Crippen LogP contribution in [-0.2, 0) is 21.5 Å². The number of amidine groups is 1. The number of pyridine rings is 1. The second-order valence-corrected chi connectivity index (χ2v) is 9.49. The van der Waals surface area contributed by atoms with Gasteiger partial charge in [-0.3, -0.25) is 9.98 Å². The molecule has 2 aliphatic rings. The zero-order valence-electron chi connectivity index (χ0n) is 18.9. The third kappa shape index (κ3) is 7.99. The molecule has 2 unspecified atom stereocenters.